The molecule has 4 aromatic rings. The summed E-state index contributed by atoms with van der Waals surface area (Å²) in [6.07, 6.45) is -1.29. The fourth-order valence-electron chi connectivity index (χ4n) is 2.90. The molecule has 144 valence electrons. The maximum absolute atomic E-state index is 10.2. The third kappa shape index (κ3) is 5.47. The molecule has 29 heavy (non-hydrogen) atoms. The lowest BCUT2D eigenvalue weighted by molar-refractivity contribution is 0.144. The van der Waals surface area contributed by atoms with Crippen molar-refractivity contribution in [2.45, 2.75) is 0 Å². The van der Waals surface area contributed by atoms with E-state index in [4.69, 9.17) is 5.11 Å². The van der Waals surface area contributed by atoms with Gasteiger partial charge in [0.1, 0.15) is 11.5 Å². The van der Waals surface area contributed by atoms with Gasteiger partial charge in [0.15, 0.2) is 0 Å². The van der Waals surface area contributed by atoms with Crippen LogP contribution in [0.2, 0.25) is 0 Å². The van der Waals surface area contributed by atoms with Crippen LogP contribution in [0, 0.1) is 0 Å². The molecule has 0 saturated carbocycles. The minimum absolute atomic E-state index is 0.313. The van der Waals surface area contributed by atoms with Crippen LogP contribution in [0.5, 0.6) is 11.5 Å². The summed E-state index contributed by atoms with van der Waals surface area (Å²) in [5, 5.41) is 18.4. The van der Waals surface area contributed by atoms with E-state index in [-0.39, 0.29) is 0 Å². The molecular weight excluding hydrogens is 364 g/mol. The van der Waals surface area contributed by atoms with Gasteiger partial charge in [0, 0.05) is 5.56 Å². The fraction of sp³-hybridized carbons (Fsp3) is 0. The average Bonchev–Trinajstić information content (AvgIpc) is 2.75. The molecular formula is C25H20O4. The summed E-state index contributed by atoms with van der Waals surface area (Å²) in [6.45, 7) is 0. The first-order valence-electron chi connectivity index (χ1n) is 9.04. The quantitative estimate of drug-likeness (QED) is 0.314. The second kappa shape index (κ2) is 9.76. The van der Waals surface area contributed by atoms with Crippen molar-refractivity contribution in [3.8, 4) is 33.8 Å². The van der Waals surface area contributed by atoms with E-state index < -0.39 is 6.16 Å². The molecule has 0 aliphatic heterocycles. The first-order chi connectivity index (χ1) is 14.1. The van der Waals surface area contributed by atoms with Gasteiger partial charge in [-0.1, -0.05) is 91.0 Å². The number of hydrogen-bond acceptors (Lipinski definition) is 3. The van der Waals surface area contributed by atoms with Gasteiger partial charge in [-0.2, -0.15) is 0 Å². The Bertz CT molecular complexity index is 1050. The van der Waals surface area contributed by atoms with Crippen LogP contribution in [0.25, 0.3) is 22.3 Å². The zero-order chi connectivity index (χ0) is 20.5. The van der Waals surface area contributed by atoms with E-state index in [1.54, 1.807) is 36.4 Å². The van der Waals surface area contributed by atoms with Gasteiger partial charge in [-0.3, -0.25) is 0 Å². The number of rotatable bonds is 3. The van der Waals surface area contributed by atoms with Crippen LogP contribution in [0.1, 0.15) is 0 Å². The summed E-state index contributed by atoms with van der Waals surface area (Å²) in [6, 6.07) is 34.1. The minimum Gasteiger partial charge on any atom is -0.507 e. The molecule has 0 unspecified atom stereocenters. The summed E-state index contributed by atoms with van der Waals surface area (Å²) in [4.78, 5) is 9.95. The molecule has 0 fully saturated rings. The van der Waals surface area contributed by atoms with Gasteiger partial charge in [0.05, 0.1) is 0 Å². The van der Waals surface area contributed by atoms with Crippen molar-refractivity contribution in [1.82, 2.24) is 0 Å². The lowest BCUT2D eigenvalue weighted by Crippen LogP contribution is -2.02. The number of phenolic OH excluding ortho intramolecular Hbond substituents is 1. The zero-order valence-corrected chi connectivity index (χ0v) is 15.6. The number of para-hydroxylation sites is 1. The third-order valence-electron chi connectivity index (χ3n) is 4.14. The van der Waals surface area contributed by atoms with Crippen LogP contribution in [0.3, 0.4) is 0 Å². The number of carboxylic acid groups (broad SMARTS) is 1. The minimum atomic E-state index is -1.29. The third-order valence-corrected chi connectivity index (χ3v) is 4.14. The van der Waals surface area contributed by atoms with Gasteiger partial charge in [0.2, 0.25) is 0 Å². The molecule has 4 rings (SSSR count). The van der Waals surface area contributed by atoms with Crippen molar-refractivity contribution in [2.24, 2.45) is 0 Å². The summed E-state index contributed by atoms with van der Waals surface area (Å²) in [7, 11) is 0. The first-order valence-corrected chi connectivity index (χ1v) is 9.04. The molecule has 2 N–H and O–H groups in total. The van der Waals surface area contributed by atoms with Crippen LogP contribution in [0.4, 0.5) is 4.79 Å². The Morgan fingerprint density at radius 1 is 0.621 bits per heavy atom. The van der Waals surface area contributed by atoms with Gasteiger partial charge in [0.25, 0.3) is 0 Å². The van der Waals surface area contributed by atoms with E-state index in [1.165, 1.54) is 0 Å². The van der Waals surface area contributed by atoms with Crippen LogP contribution in [-0.4, -0.2) is 16.4 Å². The smallest absolute Gasteiger partial charge is 0.507 e. The molecule has 0 aromatic heterocycles. The van der Waals surface area contributed by atoms with Gasteiger partial charge in [-0.25, -0.2) is 4.79 Å². The molecule has 0 spiro atoms. The summed E-state index contributed by atoms with van der Waals surface area (Å²) in [5.41, 5.74) is 4.07. The highest BCUT2D eigenvalue weighted by Crippen LogP contribution is 2.38. The average molecular weight is 384 g/mol. The molecule has 4 heteroatoms. The van der Waals surface area contributed by atoms with Crippen molar-refractivity contribution in [3.05, 3.63) is 109 Å². The molecule has 0 aliphatic rings. The van der Waals surface area contributed by atoms with Crippen LogP contribution in [-0.2, 0) is 0 Å². The highest BCUT2D eigenvalue weighted by Gasteiger charge is 2.11. The Balaban J connectivity index is 0.000000204. The normalized spacial score (nSPS) is 9.79. The highest BCUT2D eigenvalue weighted by atomic mass is 16.7. The SMILES string of the molecule is O=C(O)Oc1ccccc1.Oc1cccc(-c2ccccc2)c1-c1ccccc1. The Hall–Kier alpha value is -4.05. The number of ether oxygens (including phenoxy) is 1. The standard InChI is InChI=1S/C18H14O.C7H6O3/c19-17-13-7-12-16(14-8-3-1-4-9-14)18(17)15-10-5-2-6-11-15;8-7(9)10-6-4-2-1-3-5-6/h1-13,19H;1-5H,(H,8,9). The van der Waals surface area contributed by atoms with E-state index in [0.717, 1.165) is 22.3 Å². The predicted octanol–water partition coefficient (Wildman–Crippen LogP) is 6.47. The maximum Gasteiger partial charge on any atom is 0.511 e. The Morgan fingerprint density at radius 2 is 1.14 bits per heavy atom. The number of aromatic hydroxyl groups is 1. The van der Waals surface area contributed by atoms with E-state index in [0.29, 0.717) is 11.5 Å². The largest absolute Gasteiger partial charge is 0.511 e. The number of carbonyl (C=O) groups is 1. The van der Waals surface area contributed by atoms with E-state index in [9.17, 15) is 9.90 Å². The van der Waals surface area contributed by atoms with Gasteiger partial charge >= 0.3 is 6.16 Å². The molecule has 0 radical (unpaired) electrons. The van der Waals surface area contributed by atoms with Crippen molar-refractivity contribution in [1.29, 1.82) is 0 Å². The molecule has 4 aromatic carbocycles. The molecule has 0 saturated heterocycles. The summed E-state index contributed by atoms with van der Waals surface area (Å²) in [5.74, 6) is 0.655. The van der Waals surface area contributed by atoms with Gasteiger partial charge in [-0.05, 0) is 34.9 Å². The van der Waals surface area contributed by atoms with Gasteiger partial charge in [-0.15, -0.1) is 0 Å². The Labute approximate surface area is 169 Å². The van der Waals surface area contributed by atoms with Gasteiger partial charge < -0.3 is 14.9 Å². The fourth-order valence-corrected chi connectivity index (χ4v) is 2.90. The van der Waals surface area contributed by atoms with E-state index >= 15 is 0 Å². The number of phenols is 1. The van der Waals surface area contributed by atoms with Crippen molar-refractivity contribution < 1.29 is 19.7 Å². The van der Waals surface area contributed by atoms with Crippen molar-refractivity contribution >= 4 is 6.16 Å². The van der Waals surface area contributed by atoms with Crippen LogP contribution < -0.4 is 4.74 Å². The maximum atomic E-state index is 10.2. The molecule has 0 amide bonds. The molecule has 0 atom stereocenters. The van der Waals surface area contributed by atoms with Crippen LogP contribution in [0.15, 0.2) is 109 Å². The molecule has 0 aliphatic carbocycles. The monoisotopic (exact) mass is 384 g/mol. The summed E-state index contributed by atoms with van der Waals surface area (Å²) >= 11 is 0. The topological polar surface area (TPSA) is 66.8 Å². The molecule has 0 bridgehead atoms. The second-order valence-electron chi connectivity index (χ2n) is 6.11. The van der Waals surface area contributed by atoms with Crippen molar-refractivity contribution in [3.63, 3.8) is 0 Å². The molecule has 4 nitrogen and oxygen atoms in total. The number of benzene rings is 4. The van der Waals surface area contributed by atoms with E-state index in [1.807, 2.05) is 60.7 Å². The van der Waals surface area contributed by atoms with Crippen LogP contribution >= 0.6 is 0 Å². The van der Waals surface area contributed by atoms with Crippen molar-refractivity contribution in [2.75, 3.05) is 0 Å². The highest BCUT2D eigenvalue weighted by molar-refractivity contribution is 5.87. The van der Waals surface area contributed by atoms with E-state index in [2.05, 4.69) is 16.9 Å². The predicted molar refractivity (Wildman–Crippen MR) is 114 cm³/mol. The Morgan fingerprint density at radius 3 is 1.69 bits per heavy atom. The Kier molecular flexibility index (Phi) is 6.63. The zero-order valence-electron chi connectivity index (χ0n) is 15.6. The molecule has 0 heterocycles. The first kappa shape index (κ1) is 19.7. The lowest BCUT2D eigenvalue weighted by atomic mass is 9.94. The number of hydrogen-bond donors (Lipinski definition) is 2. The lowest BCUT2D eigenvalue weighted by Gasteiger charge is -2.12. The summed E-state index contributed by atoms with van der Waals surface area (Å²) < 4.78 is 4.33. The second-order valence-corrected chi connectivity index (χ2v) is 6.11.